The van der Waals surface area contributed by atoms with E-state index in [1.165, 1.54) is 12.8 Å². The lowest BCUT2D eigenvalue weighted by Gasteiger charge is -2.32. The maximum absolute atomic E-state index is 4.59. The molecule has 0 saturated carbocycles. The van der Waals surface area contributed by atoms with Crippen molar-refractivity contribution in [1.82, 2.24) is 25.0 Å². The molecule has 6 heteroatoms. The van der Waals surface area contributed by atoms with Gasteiger partial charge in [0.25, 0.3) is 0 Å². The Morgan fingerprint density at radius 2 is 2.05 bits per heavy atom. The van der Waals surface area contributed by atoms with E-state index in [4.69, 9.17) is 0 Å². The zero-order valence-corrected chi connectivity index (χ0v) is 12.7. The molecule has 0 bridgehead atoms. The van der Waals surface area contributed by atoms with Crippen LogP contribution >= 0.6 is 0 Å². The summed E-state index contributed by atoms with van der Waals surface area (Å²) in [5.74, 6) is 2.63. The number of piperidine rings is 1. The van der Waals surface area contributed by atoms with Gasteiger partial charge >= 0.3 is 0 Å². The Morgan fingerprint density at radius 1 is 1.24 bits per heavy atom. The molecule has 0 aromatic carbocycles. The third-order valence-electron chi connectivity index (χ3n) is 4.10. The van der Waals surface area contributed by atoms with Crippen molar-refractivity contribution >= 4 is 5.82 Å². The number of aryl methyl sites for hydroxylation is 2. The molecule has 2 aromatic rings. The van der Waals surface area contributed by atoms with E-state index >= 15 is 0 Å². The Morgan fingerprint density at radius 3 is 2.71 bits per heavy atom. The quantitative estimate of drug-likeness (QED) is 0.858. The molecule has 0 aliphatic carbocycles. The number of hydrogen-bond donors (Lipinski definition) is 0. The molecule has 1 aliphatic heterocycles. The van der Waals surface area contributed by atoms with Crippen molar-refractivity contribution in [3.05, 3.63) is 30.0 Å². The van der Waals surface area contributed by atoms with Gasteiger partial charge in [0.2, 0.25) is 0 Å². The van der Waals surface area contributed by atoms with Crippen LogP contribution in [0.4, 0.5) is 5.82 Å². The molecular weight excluding hydrogens is 264 g/mol. The van der Waals surface area contributed by atoms with Crippen LogP contribution < -0.4 is 4.90 Å². The monoisotopic (exact) mass is 286 g/mol. The van der Waals surface area contributed by atoms with Gasteiger partial charge in [-0.1, -0.05) is 12.1 Å². The predicted molar refractivity (Wildman–Crippen MR) is 81.1 cm³/mol. The van der Waals surface area contributed by atoms with Crippen molar-refractivity contribution < 1.29 is 0 Å². The largest absolute Gasteiger partial charge is 0.356 e. The van der Waals surface area contributed by atoms with Crippen LogP contribution in [0.25, 0.3) is 0 Å². The molecular formula is C15H22N6. The standard InChI is InChI=1S/C15H22N6/c1-3-14-10-15(18-12(2)17-14)20-7-4-13(5-8-20)11-21-9-6-16-19-21/h6,9-10,13H,3-5,7-8,11H2,1-2H3. The smallest absolute Gasteiger partial charge is 0.132 e. The highest BCUT2D eigenvalue weighted by molar-refractivity contribution is 5.40. The van der Waals surface area contributed by atoms with Crippen LogP contribution in [-0.2, 0) is 13.0 Å². The van der Waals surface area contributed by atoms with Gasteiger partial charge in [0.15, 0.2) is 0 Å². The molecule has 2 aromatic heterocycles. The van der Waals surface area contributed by atoms with Gasteiger partial charge in [-0.25, -0.2) is 9.97 Å². The Labute approximate surface area is 125 Å². The second kappa shape index (κ2) is 6.20. The van der Waals surface area contributed by atoms with Gasteiger partial charge in [-0.05, 0) is 32.1 Å². The summed E-state index contributed by atoms with van der Waals surface area (Å²) in [5.41, 5.74) is 1.13. The highest BCUT2D eigenvalue weighted by Gasteiger charge is 2.21. The maximum atomic E-state index is 4.59. The van der Waals surface area contributed by atoms with Crippen LogP contribution in [0.2, 0.25) is 0 Å². The van der Waals surface area contributed by atoms with E-state index < -0.39 is 0 Å². The van der Waals surface area contributed by atoms with Crippen molar-refractivity contribution in [2.24, 2.45) is 5.92 Å². The summed E-state index contributed by atoms with van der Waals surface area (Å²) in [6.45, 7) is 7.19. The predicted octanol–water partition coefficient (Wildman–Crippen LogP) is 1.86. The first-order valence-electron chi connectivity index (χ1n) is 7.68. The molecule has 3 heterocycles. The topological polar surface area (TPSA) is 59.7 Å². The van der Waals surface area contributed by atoms with Crippen LogP contribution in [-0.4, -0.2) is 38.1 Å². The highest BCUT2D eigenvalue weighted by Crippen LogP contribution is 2.23. The lowest BCUT2D eigenvalue weighted by Crippen LogP contribution is -2.35. The van der Waals surface area contributed by atoms with Gasteiger partial charge in [0.05, 0.1) is 6.20 Å². The molecule has 6 nitrogen and oxygen atoms in total. The summed E-state index contributed by atoms with van der Waals surface area (Å²) < 4.78 is 1.93. The van der Waals surface area contributed by atoms with E-state index in [1.54, 1.807) is 6.20 Å². The van der Waals surface area contributed by atoms with Gasteiger partial charge in [-0.15, -0.1) is 5.10 Å². The molecule has 0 radical (unpaired) electrons. The van der Waals surface area contributed by atoms with E-state index in [0.717, 1.165) is 43.4 Å². The molecule has 0 amide bonds. The second-order valence-electron chi connectivity index (χ2n) is 5.67. The number of aromatic nitrogens is 5. The molecule has 112 valence electrons. The SMILES string of the molecule is CCc1cc(N2CCC(Cn3ccnn3)CC2)nc(C)n1. The first-order chi connectivity index (χ1) is 10.2. The van der Waals surface area contributed by atoms with Gasteiger partial charge in [-0.2, -0.15) is 0 Å². The third kappa shape index (κ3) is 3.37. The fourth-order valence-corrected chi connectivity index (χ4v) is 2.89. The summed E-state index contributed by atoms with van der Waals surface area (Å²) in [7, 11) is 0. The van der Waals surface area contributed by atoms with Crippen LogP contribution in [0.3, 0.4) is 0 Å². The van der Waals surface area contributed by atoms with Crippen LogP contribution in [0.15, 0.2) is 18.5 Å². The van der Waals surface area contributed by atoms with Gasteiger partial charge in [0, 0.05) is 37.6 Å². The third-order valence-corrected chi connectivity index (χ3v) is 4.10. The lowest BCUT2D eigenvalue weighted by molar-refractivity contribution is 0.338. The second-order valence-corrected chi connectivity index (χ2v) is 5.67. The Balaban J connectivity index is 1.61. The van der Waals surface area contributed by atoms with Gasteiger partial charge in [0.1, 0.15) is 11.6 Å². The van der Waals surface area contributed by atoms with E-state index in [1.807, 2.05) is 17.8 Å². The Bertz CT molecular complexity index is 572. The minimum absolute atomic E-state index is 0.677. The molecule has 0 unspecified atom stereocenters. The first kappa shape index (κ1) is 14.0. The fourth-order valence-electron chi connectivity index (χ4n) is 2.89. The summed E-state index contributed by atoms with van der Waals surface area (Å²) in [4.78, 5) is 11.4. The summed E-state index contributed by atoms with van der Waals surface area (Å²) in [5, 5.41) is 7.92. The number of hydrogen-bond acceptors (Lipinski definition) is 5. The molecule has 21 heavy (non-hydrogen) atoms. The molecule has 3 rings (SSSR count). The van der Waals surface area contributed by atoms with Crippen molar-refractivity contribution in [2.75, 3.05) is 18.0 Å². The fraction of sp³-hybridized carbons (Fsp3) is 0.600. The maximum Gasteiger partial charge on any atom is 0.132 e. The minimum Gasteiger partial charge on any atom is -0.356 e. The van der Waals surface area contributed by atoms with Crippen LogP contribution in [0.5, 0.6) is 0 Å². The van der Waals surface area contributed by atoms with E-state index in [2.05, 4.69) is 38.2 Å². The number of nitrogens with zero attached hydrogens (tertiary/aromatic N) is 6. The summed E-state index contributed by atoms with van der Waals surface area (Å²) >= 11 is 0. The molecule has 1 aliphatic rings. The normalized spacial score (nSPS) is 16.4. The molecule has 0 spiro atoms. The first-order valence-corrected chi connectivity index (χ1v) is 7.68. The molecule has 1 fully saturated rings. The van der Waals surface area contributed by atoms with Gasteiger partial charge in [-0.3, -0.25) is 4.68 Å². The zero-order valence-electron chi connectivity index (χ0n) is 12.7. The number of rotatable bonds is 4. The molecule has 1 saturated heterocycles. The van der Waals surface area contributed by atoms with Crippen LogP contribution in [0, 0.1) is 12.8 Å². The Kier molecular flexibility index (Phi) is 4.13. The molecule has 0 atom stereocenters. The van der Waals surface area contributed by atoms with Gasteiger partial charge < -0.3 is 4.90 Å². The average Bonchev–Trinajstić information content (AvgIpc) is 3.00. The van der Waals surface area contributed by atoms with Crippen LogP contribution in [0.1, 0.15) is 31.3 Å². The van der Waals surface area contributed by atoms with E-state index in [9.17, 15) is 0 Å². The summed E-state index contributed by atoms with van der Waals surface area (Å²) in [6.07, 6.45) is 6.98. The minimum atomic E-state index is 0.677. The average molecular weight is 286 g/mol. The summed E-state index contributed by atoms with van der Waals surface area (Å²) in [6, 6.07) is 2.13. The van der Waals surface area contributed by atoms with E-state index in [0.29, 0.717) is 5.92 Å². The van der Waals surface area contributed by atoms with E-state index in [-0.39, 0.29) is 0 Å². The highest BCUT2D eigenvalue weighted by atomic mass is 15.4. The van der Waals surface area contributed by atoms with Crippen molar-refractivity contribution in [1.29, 1.82) is 0 Å². The van der Waals surface area contributed by atoms with Crippen molar-refractivity contribution in [3.63, 3.8) is 0 Å². The van der Waals surface area contributed by atoms with Crippen molar-refractivity contribution in [2.45, 2.75) is 39.7 Å². The number of anilines is 1. The zero-order chi connectivity index (χ0) is 14.7. The Hall–Kier alpha value is -1.98. The lowest BCUT2D eigenvalue weighted by atomic mass is 9.97. The molecule has 0 N–H and O–H groups in total. The van der Waals surface area contributed by atoms with Crippen molar-refractivity contribution in [3.8, 4) is 0 Å².